The van der Waals surface area contributed by atoms with E-state index in [1.54, 1.807) is 0 Å². The number of rotatable bonds is 6. The summed E-state index contributed by atoms with van der Waals surface area (Å²) in [6.45, 7) is -0.735. The van der Waals surface area contributed by atoms with E-state index in [0.717, 1.165) is 0 Å². The Morgan fingerprint density at radius 1 is 1.09 bits per heavy atom. The number of hydrogen-bond acceptors (Lipinski definition) is 10. The maximum absolute atomic E-state index is 10.7. The molecule has 0 aromatic rings. The van der Waals surface area contributed by atoms with Gasteiger partial charge in [-0.15, -0.1) is 0 Å². The van der Waals surface area contributed by atoms with Crippen molar-refractivity contribution in [2.45, 2.75) is 43.2 Å². The molecule has 0 aliphatic carbocycles. The normalized spacial score (nSPS) is 32.3. The monoisotopic (exact) mass is 372 g/mol. The molecular weight excluding hydrogens is 358 g/mol. The van der Waals surface area contributed by atoms with Crippen molar-refractivity contribution in [2.24, 2.45) is 0 Å². The zero-order chi connectivity index (χ0) is 15.4. The third kappa shape index (κ3) is 7.47. The summed E-state index contributed by atoms with van der Waals surface area (Å²) in [4.78, 5) is 21.0. The summed E-state index contributed by atoms with van der Waals surface area (Å²) < 4.78 is 9.55. The van der Waals surface area contributed by atoms with Crippen LogP contribution in [0, 0.1) is 0 Å². The second-order valence-corrected chi connectivity index (χ2v) is 4.22. The first-order valence-corrected chi connectivity index (χ1v) is 5.64. The van der Waals surface area contributed by atoms with E-state index < -0.39 is 61.8 Å². The Balaban J connectivity index is 0. The summed E-state index contributed by atoms with van der Waals surface area (Å²) in [5.41, 5.74) is 0. The molecule has 22 heavy (non-hydrogen) atoms. The average molecular weight is 372 g/mol. The van der Waals surface area contributed by atoms with E-state index >= 15 is 0 Å². The molecule has 1 rings (SSSR count). The van der Waals surface area contributed by atoms with Crippen LogP contribution in [0.2, 0.25) is 0 Å². The molecule has 0 saturated carbocycles. The van der Waals surface area contributed by atoms with Gasteiger partial charge >= 0.3 is 103 Å². The number of hydrogen-bond donors (Lipinski definition) is 4. The van der Waals surface area contributed by atoms with Crippen molar-refractivity contribution in [3.8, 4) is 0 Å². The standard InChI is InChI=1S/C10H16O10.2K/c11-2-4-6(14)7(15)8(16)10(20-4)19-3(9(17)18)1-5(12)13;;/h3-4,6-8,10-11,14-16H,1-2H2,(H,12,13)(H,17,18);;/q;2*+1/p-2/t3-,4?,6+,7-,8?,10?;;/m0../s1. The van der Waals surface area contributed by atoms with E-state index in [-0.39, 0.29) is 103 Å². The summed E-state index contributed by atoms with van der Waals surface area (Å²) in [6.07, 6.45) is -11.3. The topological polar surface area (TPSA) is 180 Å². The smallest absolute Gasteiger partial charge is 0.550 e. The van der Waals surface area contributed by atoms with Gasteiger partial charge in [-0.05, 0) is 0 Å². The molecule has 0 radical (unpaired) electrons. The van der Waals surface area contributed by atoms with Crippen LogP contribution in [0.15, 0.2) is 0 Å². The molecule has 116 valence electrons. The largest absolute Gasteiger partial charge is 1.00 e. The van der Waals surface area contributed by atoms with Crippen LogP contribution in [-0.4, -0.2) is 75.8 Å². The number of aliphatic hydroxyl groups excluding tert-OH is 4. The minimum Gasteiger partial charge on any atom is -0.550 e. The Kier molecular flexibility index (Phi) is 14.7. The average Bonchev–Trinajstić information content (AvgIpc) is 2.37. The summed E-state index contributed by atoms with van der Waals surface area (Å²) in [7, 11) is 0. The van der Waals surface area contributed by atoms with Crippen molar-refractivity contribution in [3.63, 3.8) is 0 Å². The van der Waals surface area contributed by atoms with Crippen molar-refractivity contribution in [2.75, 3.05) is 6.61 Å². The van der Waals surface area contributed by atoms with Crippen LogP contribution in [0.5, 0.6) is 0 Å². The first-order valence-electron chi connectivity index (χ1n) is 5.64. The molecule has 10 nitrogen and oxygen atoms in total. The Morgan fingerprint density at radius 3 is 2.05 bits per heavy atom. The van der Waals surface area contributed by atoms with Crippen molar-refractivity contribution >= 4 is 11.9 Å². The van der Waals surface area contributed by atoms with Crippen LogP contribution < -0.4 is 113 Å². The number of aliphatic hydroxyl groups is 4. The van der Waals surface area contributed by atoms with Crippen LogP contribution in [0.1, 0.15) is 6.42 Å². The van der Waals surface area contributed by atoms with Gasteiger partial charge in [-0.2, -0.15) is 0 Å². The molecule has 12 heteroatoms. The molecule has 1 saturated heterocycles. The van der Waals surface area contributed by atoms with Crippen molar-refractivity contribution in [1.82, 2.24) is 0 Å². The van der Waals surface area contributed by atoms with Crippen LogP contribution >= 0.6 is 0 Å². The number of aliphatic carboxylic acids is 2. The number of carboxylic acids is 2. The zero-order valence-electron chi connectivity index (χ0n) is 12.1. The molecule has 1 aliphatic heterocycles. The second-order valence-electron chi connectivity index (χ2n) is 4.22. The summed E-state index contributed by atoms with van der Waals surface area (Å²) in [5.74, 6) is -3.62. The predicted octanol–water partition coefficient (Wildman–Crippen LogP) is -11.9. The van der Waals surface area contributed by atoms with Gasteiger partial charge in [0.2, 0.25) is 0 Å². The second kappa shape index (κ2) is 12.3. The maximum Gasteiger partial charge on any atom is 1.00 e. The third-order valence-corrected chi connectivity index (χ3v) is 2.76. The van der Waals surface area contributed by atoms with Gasteiger partial charge in [0.1, 0.15) is 30.5 Å². The first-order chi connectivity index (χ1) is 9.27. The van der Waals surface area contributed by atoms with Gasteiger partial charge in [0.05, 0.1) is 12.6 Å². The van der Waals surface area contributed by atoms with E-state index in [4.69, 9.17) is 9.84 Å². The van der Waals surface area contributed by atoms with E-state index in [0.29, 0.717) is 0 Å². The molecule has 6 atom stereocenters. The number of carbonyl (C=O) groups is 2. The van der Waals surface area contributed by atoms with Gasteiger partial charge in [-0.3, -0.25) is 0 Å². The van der Waals surface area contributed by atoms with E-state index in [2.05, 4.69) is 4.74 Å². The van der Waals surface area contributed by atoms with Gasteiger partial charge in [-0.25, -0.2) is 0 Å². The number of carboxylic acid groups (broad SMARTS) is 2. The molecule has 1 fully saturated rings. The quantitative estimate of drug-likeness (QED) is 0.327. The maximum atomic E-state index is 10.7. The minimum absolute atomic E-state index is 0. The Morgan fingerprint density at radius 2 is 1.64 bits per heavy atom. The molecule has 0 bridgehead atoms. The molecule has 0 spiro atoms. The summed E-state index contributed by atoms with van der Waals surface area (Å²) in [5, 5.41) is 58.4. The van der Waals surface area contributed by atoms with Crippen LogP contribution in [0.4, 0.5) is 0 Å². The van der Waals surface area contributed by atoms with Crippen LogP contribution in [0.3, 0.4) is 0 Å². The zero-order valence-corrected chi connectivity index (χ0v) is 18.4. The first kappa shape index (κ1) is 26.2. The van der Waals surface area contributed by atoms with Gasteiger partial charge in [0.15, 0.2) is 6.29 Å². The van der Waals surface area contributed by atoms with Crippen LogP contribution in [-0.2, 0) is 19.1 Å². The van der Waals surface area contributed by atoms with Crippen molar-refractivity contribution in [3.05, 3.63) is 0 Å². The Labute approximate surface area is 210 Å². The summed E-state index contributed by atoms with van der Waals surface area (Å²) >= 11 is 0. The fourth-order valence-electron chi connectivity index (χ4n) is 1.68. The van der Waals surface area contributed by atoms with Gasteiger partial charge in [-0.1, -0.05) is 0 Å². The van der Waals surface area contributed by atoms with Gasteiger partial charge in [0.25, 0.3) is 0 Å². The van der Waals surface area contributed by atoms with E-state index in [9.17, 15) is 35.1 Å². The van der Waals surface area contributed by atoms with Crippen molar-refractivity contribution in [1.29, 1.82) is 0 Å². The molecule has 0 aromatic carbocycles. The van der Waals surface area contributed by atoms with Crippen LogP contribution in [0.25, 0.3) is 0 Å². The molecule has 0 aromatic heterocycles. The number of ether oxygens (including phenoxy) is 2. The fraction of sp³-hybridized carbons (Fsp3) is 0.800. The molecule has 1 heterocycles. The SMILES string of the molecule is O=C([O-])C[C@H](OC1OC(CO)[C@@H](O)[C@H](O)C1O)C(=O)[O-].[K+].[K+]. The Bertz CT molecular complexity index is 366. The molecule has 1 aliphatic rings. The van der Waals surface area contributed by atoms with Gasteiger partial charge in [0, 0.05) is 12.4 Å². The third-order valence-electron chi connectivity index (χ3n) is 2.76. The predicted molar refractivity (Wildman–Crippen MR) is 53.3 cm³/mol. The van der Waals surface area contributed by atoms with Gasteiger partial charge < -0.3 is 49.7 Å². The Hall–Kier alpha value is 1.97. The van der Waals surface area contributed by atoms with Crippen molar-refractivity contribution < 1.29 is 152 Å². The molecule has 0 amide bonds. The fourth-order valence-corrected chi connectivity index (χ4v) is 1.68. The molecule has 4 N–H and O–H groups in total. The van der Waals surface area contributed by atoms with E-state index in [1.165, 1.54) is 0 Å². The summed E-state index contributed by atoms with van der Waals surface area (Å²) in [6, 6.07) is 0. The molecular formula is C10H14K2O10. The minimum atomic E-state index is -1.98. The number of carbonyl (C=O) groups excluding carboxylic acids is 2. The van der Waals surface area contributed by atoms with E-state index in [1.807, 2.05) is 0 Å². The molecule has 3 unspecified atom stereocenters.